The van der Waals surface area contributed by atoms with E-state index in [4.69, 9.17) is 4.74 Å². The van der Waals surface area contributed by atoms with E-state index in [1.54, 1.807) is 0 Å². The average molecular weight is 170 g/mol. The Morgan fingerprint density at radius 2 is 2.42 bits per heavy atom. The molecule has 0 saturated heterocycles. The molecule has 1 N–H and O–H groups in total. The van der Waals surface area contributed by atoms with E-state index in [-0.39, 0.29) is 6.10 Å². The normalized spacial score (nSPS) is 21.4. The summed E-state index contributed by atoms with van der Waals surface area (Å²) in [7, 11) is 0. The lowest BCUT2D eigenvalue weighted by Crippen LogP contribution is -2.20. The lowest BCUT2D eigenvalue weighted by Gasteiger charge is -2.18. The highest BCUT2D eigenvalue weighted by molar-refractivity contribution is 5.05. The summed E-state index contributed by atoms with van der Waals surface area (Å²) in [5.74, 6) is 1.11. The molecular formula is C10H18O2. The van der Waals surface area contributed by atoms with Gasteiger partial charge in [-0.15, -0.1) is 0 Å². The Bertz CT molecular complexity index is 163. The molecule has 1 aliphatic rings. The van der Waals surface area contributed by atoms with Crippen LogP contribution in [0.2, 0.25) is 0 Å². The van der Waals surface area contributed by atoms with Gasteiger partial charge in [-0.25, -0.2) is 0 Å². The second kappa shape index (κ2) is 4.51. The molecule has 0 spiro atoms. The zero-order valence-electron chi connectivity index (χ0n) is 7.92. The highest BCUT2D eigenvalue weighted by Gasteiger charge is 2.21. The van der Waals surface area contributed by atoms with Crippen molar-refractivity contribution in [2.75, 3.05) is 6.61 Å². The number of aliphatic hydroxyl groups excluding tert-OH is 1. The molecule has 70 valence electrons. The second-order valence-electron chi connectivity index (χ2n) is 3.45. The minimum atomic E-state index is -0.382. The van der Waals surface area contributed by atoms with E-state index in [9.17, 15) is 5.11 Å². The van der Waals surface area contributed by atoms with Crippen molar-refractivity contribution in [3.63, 3.8) is 0 Å². The summed E-state index contributed by atoms with van der Waals surface area (Å²) in [6.07, 6.45) is 4.74. The number of hydrogen-bond acceptors (Lipinski definition) is 2. The molecule has 0 amide bonds. The zero-order chi connectivity index (χ0) is 8.97. The van der Waals surface area contributed by atoms with Crippen LogP contribution in [-0.4, -0.2) is 17.8 Å². The van der Waals surface area contributed by atoms with Crippen LogP contribution in [0, 0.1) is 5.92 Å². The molecule has 1 rings (SSSR count). The summed E-state index contributed by atoms with van der Waals surface area (Å²) in [4.78, 5) is 0. The Hall–Kier alpha value is -0.500. The van der Waals surface area contributed by atoms with Gasteiger partial charge in [0.25, 0.3) is 0 Å². The van der Waals surface area contributed by atoms with Crippen LogP contribution in [0.1, 0.15) is 33.1 Å². The summed E-state index contributed by atoms with van der Waals surface area (Å²) in [5.41, 5.74) is 0. The molecule has 0 aliphatic carbocycles. The maximum Gasteiger partial charge on any atom is 0.121 e. The Labute approximate surface area is 74.2 Å². The predicted octanol–water partition coefficient (Wildman–Crippen LogP) is 2.09. The van der Waals surface area contributed by atoms with E-state index in [1.807, 2.05) is 6.08 Å². The van der Waals surface area contributed by atoms with Gasteiger partial charge >= 0.3 is 0 Å². The van der Waals surface area contributed by atoms with Gasteiger partial charge in [0.05, 0.1) is 6.61 Å². The molecule has 12 heavy (non-hydrogen) atoms. The first-order valence-electron chi connectivity index (χ1n) is 4.76. The molecule has 2 nitrogen and oxygen atoms in total. The molecule has 0 saturated carbocycles. The zero-order valence-corrected chi connectivity index (χ0v) is 7.92. The standard InChI is InChI=1S/C10H18O2/c1-3-5-8(2)10(11)9-6-4-7-12-9/h6,8,10-11H,3-5,7H2,1-2H3. The second-order valence-corrected chi connectivity index (χ2v) is 3.45. The quantitative estimate of drug-likeness (QED) is 0.700. The molecule has 0 radical (unpaired) electrons. The maximum absolute atomic E-state index is 9.76. The van der Waals surface area contributed by atoms with E-state index in [0.717, 1.165) is 31.6 Å². The van der Waals surface area contributed by atoms with E-state index >= 15 is 0 Å². The average Bonchev–Trinajstić information content (AvgIpc) is 2.55. The van der Waals surface area contributed by atoms with Crippen molar-refractivity contribution in [3.05, 3.63) is 11.8 Å². The Morgan fingerprint density at radius 3 is 2.92 bits per heavy atom. The van der Waals surface area contributed by atoms with Crippen molar-refractivity contribution >= 4 is 0 Å². The van der Waals surface area contributed by atoms with E-state index < -0.39 is 0 Å². The van der Waals surface area contributed by atoms with E-state index in [1.165, 1.54) is 0 Å². The van der Waals surface area contributed by atoms with Crippen molar-refractivity contribution in [1.82, 2.24) is 0 Å². The molecule has 0 aromatic heterocycles. The SMILES string of the molecule is CCCC(C)C(O)C1=CCCO1. The summed E-state index contributed by atoms with van der Waals surface area (Å²) in [6, 6.07) is 0. The third-order valence-corrected chi connectivity index (χ3v) is 2.31. The molecule has 0 aromatic carbocycles. The van der Waals surface area contributed by atoms with E-state index in [0.29, 0.717) is 5.92 Å². The first-order chi connectivity index (χ1) is 5.75. The van der Waals surface area contributed by atoms with Gasteiger partial charge in [0.1, 0.15) is 11.9 Å². The van der Waals surface area contributed by atoms with Crippen LogP contribution < -0.4 is 0 Å². The van der Waals surface area contributed by atoms with Gasteiger partial charge < -0.3 is 9.84 Å². The first kappa shape index (κ1) is 9.59. The highest BCUT2D eigenvalue weighted by Crippen LogP contribution is 2.21. The van der Waals surface area contributed by atoms with Crippen LogP contribution in [0.15, 0.2) is 11.8 Å². The van der Waals surface area contributed by atoms with Gasteiger partial charge in [-0.3, -0.25) is 0 Å². The number of rotatable bonds is 4. The summed E-state index contributed by atoms with van der Waals surface area (Å²) >= 11 is 0. The molecule has 1 heterocycles. The predicted molar refractivity (Wildman–Crippen MR) is 48.7 cm³/mol. The lowest BCUT2D eigenvalue weighted by molar-refractivity contribution is 0.0769. The van der Waals surface area contributed by atoms with Crippen molar-refractivity contribution in [2.24, 2.45) is 5.92 Å². The van der Waals surface area contributed by atoms with Crippen LogP contribution in [0.5, 0.6) is 0 Å². The van der Waals surface area contributed by atoms with Crippen LogP contribution in [0.25, 0.3) is 0 Å². The smallest absolute Gasteiger partial charge is 0.121 e. The van der Waals surface area contributed by atoms with Gasteiger partial charge in [0, 0.05) is 6.42 Å². The molecule has 0 fully saturated rings. The fourth-order valence-electron chi connectivity index (χ4n) is 1.54. The third kappa shape index (κ3) is 2.24. The minimum Gasteiger partial charge on any atom is -0.495 e. The fourth-order valence-corrected chi connectivity index (χ4v) is 1.54. The van der Waals surface area contributed by atoms with Gasteiger partial charge in [0.2, 0.25) is 0 Å². The summed E-state index contributed by atoms with van der Waals surface area (Å²) in [5, 5.41) is 9.76. The monoisotopic (exact) mass is 170 g/mol. The van der Waals surface area contributed by atoms with Gasteiger partial charge in [-0.1, -0.05) is 20.3 Å². The summed E-state index contributed by atoms with van der Waals surface area (Å²) in [6.45, 7) is 4.94. The van der Waals surface area contributed by atoms with E-state index in [2.05, 4.69) is 13.8 Å². The summed E-state index contributed by atoms with van der Waals surface area (Å²) < 4.78 is 5.29. The van der Waals surface area contributed by atoms with Crippen molar-refractivity contribution in [3.8, 4) is 0 Å². The number of aliphatic hydroxyl groups is 1. The lowest BCUT2D eigenvalue weighted by atomic mass is 9.98. The third-order valence-electron chi connectivity index (χ3n) is 2.31. The highest BCUT2D eigenvalue weighted by atomic mass is 16.5. The van der Waals surface area contributed by atoms with Crippen LogP contribution in [0.4, 0.5) is 0 Å². The van der Waals surface area contributed by atoms with Crippen molar-refractivity contribution < 1.29 is 9.84 Å². The number of ether oxygens (including phenoxy) is 1. The Morgan fingerprint density at radius 1 is 1.67 bits per heavy atom. The molecule has 2 atom stereocenters. The maximum atomic E-state index is 9.76. The topological polar surface area (TPSA) is 29.5 Å². The molecular weight excluding hydrogens is 152 g/mol. The Kier molecular flexibility index (Phi) is 3.60. The van der Waals surface area contributed by atoms with Gasteiger partial charge in [-0.2, -0.15) is 0 Å². The molecule has 1 aliphatic heterocycles. The van der Waals surface area contributed by atoms with Crippen molar-refractivity contribution in [1.29, 1.82) is 0 Å². The first-order valence-corrected chi connectivity index (χ1v) is 4.76. The van der Waals surface area contributed by atoms with Crippen LogP contribution >= 0.6 is 0 Å². The Balaban J connectivity index is 2.39. The molecule has 2 unspecified atom stereocenters. The van der Waals surface area contributed by atoms with Gasteiger partial charge in [0.15, 0.2) is 0 Å². The minimum absolute atomic E-state index is 0.319. The molecule has 2 heteroatoms. The van der Waals surface area contributed by atoms with Gasteiger partial charge in [-0.05, 0) is 18.4 Å². The molecule has 0 bridgehead atoms. The van der Waals surface area contributed by atoms with Crippen molar-refractivity contribution in [2.45, 2.75) is 39.2 Å². The fraction of sp³-hybridized carbons (Fsp3) is 0.800. The van der Waals surface area contributed by atoms with Crippen LogP contribution in [-0.2, 0) is 4.74 Å². The number of hydrogen-bond donors (Lipinski definition) is 1. The largest absolute Gasteiger partial charge is 0.495 e. The van der Waals surface area contributed by atoms with Crippen LogP contribution in [0.3, 0.4) is 0 Å². The molecule has 0 aromatic rings.